The summed E-state index contributed by atoms with van der Waals surface area (Å²) in [6, 6.07) is 3.13. The molecule has 2 aliphatic rings. The molecule has 1 aromatic rings. The molecule has 2 N–H and O–H groups in total. The second-order valence-electron chi connectivity index (χ2n) is 6.73. The van der Waals surface area contributed by atoms with Gasteiger partial charge in [-0.15, -0.1) is 24.8 Å². The standard InChI is InChI=1S/C18H25ClN4O3.2ClH/c1-26-16-11-15(20)14(19)10-13(16)18(25)23-8-6-21(7-9-23)12-17(24)22-4-2-3-5-22;;/h10-11H,2-9,12,20H2,1H3;2*1H. The van der Waals surface area contributed by atoms with Gasteiger partial charge >= 0.3 is 0 Å². The maximum Gasteiger partial charge on any atom is 0.257 e. The summed E-state index contributed by atoms with van der Waals surface area (Å²) in [4.78, 5) is 30.9. The summed E-state index contributed by atoms with van der Waals surface area (Å²) in [6.45, 7) is 4.66. The number of nitrogens with two attached hydrogens (primary N) is 1. The number of likely N-dealkylation sites (tertiary alicyclic amines) is 1. The molecule has 2 amide bonds. The Morgan fingerprint density at radius 2 is 1.64 bits per heavy atom. The number of nitrogens with zero attached hydrogens (tertiary/aromatic N) is 3. The number of nitrogen functional groups attached to an aromatic ring is 1. The van der Waals surface area contributed by atoms with E-state index in [1.54, 1.807) is 17.0 Å². The number of carbonyl (C=O) groups is 2. The summed E-state index contributed by atoms with van der Waals surface area (Å²) in [6.07, 6.45) is 2.19. The van der Waals surface area contributed by atoms with Crippen molar-refractivity contribution in [3.63, 3.8) is 0 Å². The molecule has 0 unspecified atom stereocenters. The highest BCUT2D eigenvalue weighted by atomic mass is 35.5. The lowest BCUT2D eigenvalue weighted by Crippen LogP contribution is -2.51. The first-order valence-corrected chi connectivity index (χ1v) is 9.30. The molecule has 28 heavy (non-hydrogen) atoms. The first kappa shape index (κ1) is 24.6. The fourth-order valence-electron chi connectivity index (χ4n) is 3.44. The minimum absolute atomic E-state index is 0. The van der Waals surface area contributed by atoms with Crippen molar-refractivity contribution in [2.75, 3.05) is 58.7 Å². The zero-order valence-corrected chi connectivity index (χ0v) is 18.2. The minimum Gasteiger partial charge on any atom is -0.496 e. The molecular formula is C18H27Cl3N4O3. The highest BCUT2D eigenvalue weighted by molar-refractivity contribution is 6.33. The zero-order valence-electron chi connectivity index (χ0n) is 15.9. The van der Waals surface area contributed by atoms with Gasteiger partial charge in [0.15, 0.2) is 0 Å². The van der Waals surface area contributed by atoms with Crippen molar-refractivity contribution in [1.29, 1.82) is 0 Å². The average Bonchev–Trinajstić information content (AvgIpc) is 3.18. The van der Waals surface area contributed by atoms with Crippen molar-refractivity contribution >= 4 is 53.9 Å². The molecule has 0 aliphatic carbocycles. The highest BCUT2D eigenvalue weighted by Gasteiger charge is 2.27. The number of halogens is 3. The summed E-state index contributed by atoms with van der Waals surface area (Å²) in [5.41, 5.74) is 6.57. The maximum atomic E-state index is 12.8. The Bertz CT molecular complexity index is 691. The summed E-state index contributed by atoms with van der Waals surface area (Å²) in [5.74, 6) is 0.479. The quantitative estimate of drug-likeness (QED) is 0.707. The monoisotopic (exact) mass is 452 g/mol. The molecule has 3 rings (SSSR count). The highest BCUT2D eigenvalue weighted by Crippen LogP contribution is 2.30. The summed E-state index contributed by atoms with van der Waals surface area (Å²) >= 11 is 6.07. The van der Waals surface area contributed by atoms with Gasteiger partial charge in [-0.3, -0.25) is 14.5 Å². The number of methoxy groups -OCH3 is 1. The second kappa shape index (κ2) is 11.0. The Balaban J connectivity index is 0.00000196. The van der Waals surface area contributed by atoms with E-state index in [0.29, 0.717) is 54.7 Å². The van der Waals surface area contributed by atoms with Crippen molar-refractivity contribution in [2.45, 2.75) is 12.8 Å². The van der Waals surface area contributed by atoms with Crippen LogP contribution in [0.2, 0.25) is 5.02 Å². The molecule has 0 saturated carbocycles. The number of benzene rings is 1. The van der Waals surface area contributed by atoms with Gasteiger partial charge in [0.2, 0.25) is 5.91 Å². The van der Waals surface area contributed by atoms with Gasteiger partial charge in [-0.25, -0.2) is 0 Å². The van der Waals surface area contributed by atoms with E-state index < -0.39 is 0 Å². The molecule has 0 bridgehead atoms. The SMILES string of the molecule is COc1cc(N)c(Cl)cc1C(=O)N1CCN(CC(=O)N2CCCC2)CC1.Cl.Cl. The molecule has 158 valence electrons. The smallest absolute Gasteiger partial charge is 0.257 e. The number of hydrogen-bond donors (Lipinski definition) is 1. The summed E-state index contributed by atoms with van der Waals surface area (Å²) in [5, 5.41) is 0.337. The third kappa shape index (κ3) is 5.56. The van der Waals surface area contributed by atoms with Crippen LogP contribution >= 0.6 is 36.4 Å². The van der Waals surface area contributed by atoms with Crippen LogP contribution in [0.1, 0.15) is 23.2 Å². The van der Waals surface area contributed by atoms with Gasteiger partial charge in [0.1, 0.15) is 5.75 Å². The van der Waals surface area contributed by atoms with Crippen LogP contribution in [0, 0.1) is 0 Å². The van der Waals surface area contributed by atoms with Gasteiger partial charge < -0.3 is 20.3 Å². The predicted octanol–water partition coefficient (Wildman–Crippen LogP) is 2.15. The summed E-state index contributed by atoms with van der Waals surface area (Å²) in [7, 11) is 1.50. The third-order valence-corrected chi connectivity index (χ3v) is 5.35. The van der Waals surface area contributed by atoms with Crippen LogP contribution < -0.4 is 10.5 Å². The number of ether oxygens (including phenoxy) is 1. The molecule has 2 heterocycles. The third-order valence-electron chi connectivity index (χ3n) is 5.03. The topological polar surface area (TPSA) is 79.1 Å². The Kier molecular flexibility index (Phi) is 9.63. The Hall–Kier alpha value is -1.41. The molecule has 1 aromatic carbocycles. The zero-order chi connectivity index (χ0) is 18.7. The van der Waals surface area contributed by atoms with Crippen LogP contribution in [0.15, 0.2) is 12.1 Å². The van der Waals surface area contributed by atoms with E-state index in [1.165, 1.54) is 7.11 Å². The lowest BCUT2D eigenvalue weighted by atomic mass is 10.1. The van der Waals surface area contributed by atoms with Crippen LogP contribution in [-0.4, -0.2) is 79.4 Å². The van der Waals surface area contributed by atoms with Crippen molar-refractivity contribution in [2.24, 2.45) is 0 Å². The normalized spacial score (nSPS) is 16.9. The fourth-order valence-corrected chi connectivity index (χ4v) is 3.61. The van der Waals surface area contributed by atoms with E-state index in [-0.39, 0.29) is 36.6 Å². The minimum atomic E-state index is -0.130. The van der Waals surface area contributed by atoms with Crippen molar-refractivity contribution in [3.8, 4) is 5.75 Å². The average molecular weight is 454 g/mol. The van der Waals surface area contributed by atoms with E-state index in [4.69, 9.17) is 22.1 Å². The number of carbonyl (C=O) groups excluding carboxylic acids is 2. The maximum absolute atomic E-state index is 12.8. The van der Waals surface area contributed by atoms with Gasteiger partial charge in [0, 0.05) is 45.3 Å². The Morgan fingerprint density at radius 1 is 1.04 bits per heavy atom. The molecule has 2 saturated heterocycles. The van der Waals surface area contributed by atoms with Crippen molar-refractivity contribution in [3.05, 3.63) is 22.7 Å². The van der Waals surface area contributed by atoms with E-state index in [9.17, 15) is 9.59 Å². The largest absolute Gasteiger partial charge is 0.496 e. The first-order chi connectivity index (χ1) is 12.5. The lowest BCUT2D eigenvalue weighted by Gasteiger charge is -2.35. The molecule has 0 spiro atoms. The van der Waals surface area contributed by atoms with Crippen LogP contribution in [-0.2, 0) is 4.79 Å². The van der Waals surface area contributed by atoms with Crippen molar-refractivity contribution < 1.29 is 14.3 Å². The van der Waals surface area contributed by atoms with Crippen LogP contribution in [0.5, 0.6) is 5.75 Å². The van der Waals surface area contributed by atoms with Gasteiger partial charge in [0.05, 0.1) is 29.9 Å². The van der Waals surface area contributed by atoms with Crippen LogP contribution in [0.25, 0.3) is 0 Å². The number of piperazine rings is 1. The van der Waals surface area contributed by atoms with Gasteiger partial charge in [-0.05, 0) is 18.9 Å². The number of anilines is 1. The molecule has 7 nitrogen and oxygen atoms in total. The number of amides is 2. The van der Waals surface area contributed by atoms with Crippen molar-refractivity contribution in [1.82, 2.24) is 14.7 Å². The molecule has 0 aromatic heterocycles. The second-order valence-corrected chi connectivity index (χ2v) is 7.14. The molecular weight excluding hydrogens is 427 g/mol. The first-order valence-electron chi connectivity index (χ1n) is 8.92. The summed E-state index contributed by atoms with van der Waals surface area (Å²) < 4.78 is 5.28. The van der Waals surface area contributed by atoms with E-state index in [0.717, 1.165) is 25.9 Å². The van der Waals surface area contributed by atoms with Crippen LogP contribution in [0.3, 0.4) is 0 Å². The molecule has 2 aliphatic heterocycles. The lowest BCUT2D eigenvalue weighted by molar-refractivity contribution is -0.131. The Morgan fingerprint density at radius 3 is 2.21 bits per heavy atom. The van der Waals surface area contributed by atoms with Crippen LogP contribution in [0.4, 0.5) is 5.69 Å². The van der Waals surface area contributed by atoms with Gasteiger partial charge in [-0.2, -0.15) is 0 Å². The molecule has 0 radical (unpaired) electrons. The van der Waals surface area contributed by atoms with E-state index >= 15 is 0 Å². The predicted molar refractivity (Wildman–Crippen MR) is 115 cm³/mol. The van der Waals surface area contributed by atoms with Gasteiger partial charge in [-0.1, -0.05) is 11.6 Å². The van der Waals surface area contributed by atoms with E-state index in [2.05, 4.69) is 4.90 Å². The van der Waals surface area contributed by atoms with E-state index in [1.807, 2.05) is 4.90 Å². The number of rotatable bonds is 4. The van der Waals surface area contributed by atoms with Gasteiger partial charge in [0.25, 0.3) is 5.91 Å². The molecule has 10 heteroatoms. The fraction of sp³-hybridized carbons (Fsp3) is 0.556. The number of hydrogen-bond acceptors (Lipinski definition) is 5. The molecule has 2 fully saturated rings. The Labute approximate surface area is 182 Å². The molecule has 0 atom stereocenters.